The number of carbonyl (C=O) groups is 1. The predicted molar refractivity (Wildman–Crippen MR) is 136 cm³/mol. The fourth-order valence-corrected chi connectivity index (χ4v) is 4.82. The van der Waals surface area contributed by atoms with Gasteiger partial charge in [-0.15, -0.1) is 0 Å². The number of para-hydroxylation sites is 1. The van der Waals surface area contributed by atoms with E-state index in [0.29, 0.717) is 16.6 Å². The molecule has 1 amide bonds. The minimum absolute atomic E-state index is 0.0316. The van der Waals surface area contributed by atoms with Crippen LogP contribution < -0.4 is 0 Å². The number of rotatable bonds is 6. The molecule has 0 radical (unpaired) electrons. The summed E-state index contributed by atoms with van der Waals surface area (Å²) in [6.07, 6.45) is 3.63. The number of aryl methyl sites for hydroxylation is 1. The Morgan fingerprint density at radius 3 is 2.42 bits per heavy atom. The fourth-order valence-electron chi connectivity index (χ4n) is 3.25. The summed E-state index contributed by atoms with van der Waals surface area (Å²) in [6, 6.07) is 25.3. The van der Waals surface area contributed by atoms with Crippen molar-refractivity contribution in [1.82, 2.24) is 4.90 Å². The van der Waals surface area contributed by atoms with Gasteiger partial charge in [0.1, 0.15) is 5.75 Å². The molecule has 0 atom stereocenters. The first-order chi connectivity index (χ1) is 15.1. The highest BCUT2D eigenvalue weighted by Gasteiger charge is 2.33. The third-order valence-corrected chi connectivity index (χ3v) is 6.70. The first kappa shape index (κ1) is 21.6. The van der Waals surface area contributed by atoms with Gasteiger partial charge in [-0.1, -0.05) is 54.6 Å². The zero-order chi connectivity index (χ0) is 21.6. The largest absolute Gasteiger partial charge is 0.507 e. The molecule has 0 bridgehead atoms. The standard InChI is InChI=1S/C25H21IN2O2S/c26-21-16-19(13-14-22(21)29)17-23-24(30)28(15-7-10-18-8-3-1-4-9-18)25(31-23)27-20-11-5-2-6-12-20/h1-6,8-9,11-14,16-17,29H,7,10,15H2/b23-17-,27-25?. The van der Waals surface area contributed by atoms with Gasteiger partial charge in [0.05, 0.1) is 14.2 Å². The van der Waals surface area contributed by atoms with Crippen molar-refractivity contribution < 1.29 is 9.90 Å². The lowest BCUT2D eigenvalue weighted by Gasteiger charge is -2.15. The second-order valence-corrected chi connectivity index (χ2v) is 9.27. The molecule has 1 aliphatic heterocycles. The number of hydrogen-bond donors (Lipinski definition) is 1. The van der Waals surface area contributed by atoms with Crippen LogP contribution in [0.1, 0.15) is 17.5 Å². The Kier molecular flexibility index (Phi) is 7.09. The summed E-state index contributed by atoms with van der Waals surface area (Å²) in [4.78, 5) is 20.4. The number of hydrogen-bond acceptors (Lipinski definition) is 4. The Hall–Kier alpha value is -2.58. The van der Waals surface area contributed by atoms with Crippen molar-refractivity contribution in [1.29, 1.82) is 0 Å². The van der Waals surface area contributed by atoms with Crippen molar-refractivity contribution in [3.05, 3.63) is 98.5 Å². The molecule has 0 saturated carbocycles. The monoisotopic (exact) mass is 540 g/mol. The van der Waals surface area contributed by atoms with Crippen LogP contribution in [0.3, 0.4) is 0 Å². The molecule has 156 valence electrons. The Morgan fingerprint density at radius 2 is 1.71 bits per heavy atom. The van der Waals surface area contributed by atoms with Crippen LogP contribution in [0.15, 0.2) is 88.8 Å². The summed E-state index contributed by atoms with van der Waals surface area (Å²) >= 11 is 3.48. The SMILES string of the molecule is O=C1/C(=C/c2ccc(O)c(I)c2)SC(=Nc2ccccc2)N1CCCc1ccccc1. The van der Waals surface area contributed by atoms with E-state index in [9.17, 15) is 9.90 Å². The summed E-state index contributed by atoms with van der Waals surface area (Å²) in [5.74, 6) is 0.206. The van der Waals surface area contributed by atoms with Crippen LogP contribution in [0.5, 0.6) is 5.75 Å². The molecule has 1 heterocycles. The molecule has 4 rings (SSSR count). The Labute approximate surface area is 199 Å². The number of phenolic OH excluding ortho intramolecular Hbond substituents is 1. The first-order valence-corrected chi connectivity index (χ1v) is 11.9. The van der Waals surface area contributed by atoms with Crippen LogP contribution in [0.2, 0.25) is 0 Å². The van der Waals surface area contributed by atoms with E-state index in [4.69, 9.17) is 4.99 Å². The quantitative estimate of drug-likeness (QED) is 0.298. The number of aliphatic imine (C=N–C) groups is 1. The molecule has 31 heavy (non-hydrogen) atoms. The van der Waals surface area contributed by atoms with Gasteiger partial charge in [0, 0.05) is 6.54 Å². The van der Waals surface area contributed by atoms with Gasteiger partial charge < -0.3 is 5.11 Å². The van der Waals surface area contributed by atoms with Crippen LogP contribution in [0.4, 0.5) is 5.69 Å². The highest BCUT2D eigenvalue weighted by Crippen LogP contribution is 2.35. The molecule has 1 N–H and O–H groups in total. The van der Waals surface area contributed by atoms with Gasteiger partial charge in [-0.25, -0.2) is 4.99 Å². The van der Waals surface area contributed by atoms with E-state index in [2.05, 4.69) is 34.7 Å². The van der Waals surface area contributed by atoms with Gasteiger partial charge in [-0.3, -0.25) is 9.69 Å². The molecule has 1 saturated heterocycles. The zero-order valence-electron chi connectivity index (χ0n) is 16.7. The van der Waals surface area contributed by atoms with Gasteiger partial charge in [0.2, 0.25) is 0 Å². The number of thioether (sulfide) groups is 1. The topological polar surface area (TPSA) is 52.9 Å². The second kappa shape index (κ2) is 10.2. The van der Waals surface area contributed by atoms with E-state index in [1.54, 1.807) is 11.0 Å². The first-order valence-electron chi connectivity index (χ1n) is 9.98. The molecule has 3 aromatic carbocycles. The van der Waals surface area contributed by atoms with Crippen LogP contribution in [-0.2, 0) is 11.2 Å². The van der Waals surface area contributed by atoms with E-state index in [-0.39, 0.29) is 11.7 Å². The molecule has 0 aromatic heterocycles. The molecule has 0 unspecified atom stereocenters. The van der Waals surface area contributed by atoms with Crippen molar-refractivity contribution in [3.8, 4) is 5.75 Å². The Morgan fingerprint density at radius 1 is 1.00 bits per heavy atom. The molecular formula is C25H21IN2O2S. The summed E-state index contributed by atoms with van der Waals surface area (Å²) < 4.78 is 0.750. The number of aromatic hydroxyl groups is 1. The van der Waals surface area contributed by atoms with Crippen molar-refractivity contribution >= 4 is 57.2 Å². The molecular weight excluding hydrogens is 519 g/mol. The zero-order valence-corrected chi connectivity index (χ0v) is 19.7. The lowest BCUT2D eigenvalue weighted by molar-refractivity contribution is -0.122. The van der Waals surface area contributed by atoms with Crippen LogP contribution in [0.25, 0.3) is 6.08 Å². The third-order valence-electron chi connectivity index (χ3n) is 4.83. The Bertz CT molecular complexity index is 1130. The van der Waals surface area contributed by atoms with Gasteiger partial charge in [-0.2, -0.15) is 0 Å². The van der Waals surface area contributed by atoms with E-state index >= 15 is 0 Å². The molecule has 1 fully saturated rings. The van der Waals surface area contributed by atoms with Crippen molar-refractivity contribution in [2.75, 3.05) is 6.54 Å². The number of halogens is 1. The number of benzene rings is 3. The molecule has 3 aromatic rings. The average molecular weight is 540 g/mol. The molecule has 0 spiro atoms. The van der Waals surface area contributed by atoms with Crippen LogP contribution in [-0.4, -0.2) is 27.6 Å². The minimum atomic E-state index is -0.0316. The van der Waals surface area contributed by atoms with Crippen molar-refractivity contribution in [2.45, 2.75) is 12.8 Å². The van der Waals surface area contributed by atoms with E-state index in [0.717, 1.165) is 27.7 Å². The van der Waals surface area contributed by atoms with Crippen molar-refractivity contribution in [3.63, 3.8) is 0 Å². The highest BCUT2D eigenvalue weighted by atomic mass is 127. The van der Waals surface area contributed by atoms with Gasteiger partial charge in [-0.05, 0) is 88.7 Å². The summed E-state index contributed by atoms with van der Waals surface area (Å²) in [5, 5.41) is 10.5. The van der Waals surface area contributed by atoms with E-state index in [1.165, 1.54) is 17.3 Å². The van der Waals surface area contributed by atoms with Gasteiger partial charge in [0.25, 0.3) is 5.91 Å². The maximum Gasteiger partial charge on any atom is 0.266 e. The number of carbonyl (C=O) groups excluding carboxylic acids is 1. The smallest absolute Gasteiger partial charge is 0.266 e. The Balaban J connectivity index is 1.58. The summed E-state index contributed by atoms with van der Waals surface area (Å²) in [7, 11) is 0. The average Bonchev–Trinajstić information content (AvgIpc) is 3.06. The lowest BCUT2D eigenvalue weighted by atomic mass is 10.1. The number of phenols is 1. The maximum absolute atomic E-state index is 13.2. The van der Waals surface area contributed by atoms with Gasteiger partial charge >= 0.3 is 0 Å². The molecule has 4 nitrogen and oxygen atoms in total. The second-order valence-electron chi connectivity index (χ2n) is 7.10. The maximum atomic E-state index is 13.2. The number of nitrogens with zero attached hydrogens (tertiary/aromatic N) is 2. The molecule has 6 heteroatoms. The number of amidine groups is 1. The minimum Gasteiger partial charge on any atom is -0.507 e. The number of amides is 1. The van der Waals surface area contributed by atoms with E-state index in [1.807, 2.05) is 66.7 Å². The van der Waals surface area contributed by atoms with Crippen molar-refractivity contribution in [2.24, 2.45) is 4.99 Å². The summed E-state index contributed by atoms with van der Waals surface area (Å²) in [6.45, 7) is 0.608. The van der Waals surface area contributed by atoms with Crippen LogP contribution >= 0.6 is 34.4 Å². The molecule has 0 aliphatic carbocycles. The normalized spacial score (nSPS) is 16.4. The highest BCUT2D eigenvalue weighted by molar-refractivity contribution is 14.1. The third kappa shape index (κ3) is 5.57. The van der Waals surface area contributed by atoms with E-state index < -0.39 is 0 Å². The van der Waals surface area contributed by atoms with Gasteiger partial charge in [0.15, 0.2) is 5.17 Å². The molecule has 1 aliphatic rings. The summed E-state index contributed by atoms with van der Waals surface area (Å²) in [5.41, 5.74) is 2.97. The fraction of sp³-hybridized carbons (Fsp3) is 0.120. The predicted octanol–water partition coefficient (Wildman–Crippen LogP) is 6.23. The lowest BCUT2D eigenvalue weighted by Crippen LogP contribution is -2.30. The van der Waals surface area contributed by atoms with Crippen LogP contribution in [0, 0.1) is 3.57 Å².